The summed E-state index contributed by atoms with van der Waals surface area (Å²) in [5.74, 6) is 0. The lowest BCUT2D eigenvalue weighted by atomic mass is 10.1. The normalized spacial score (nSPS) is 15.6. The average molecular weight is 177 g/mol. The van der Waals surface area contributed by atoms with E-state index in [1.807, 2.05) is 43.3 Å². The van der Waals surface area contributed by atoms with Crippen LogP contribution >= 0.6 is 0 Å². The Kier molecular flexibility index (Phi) is 3.09. The molecule has 0 saturated carbocycles. The summed E-state index contributed by atoms with van der Waals surface area (Å²) < 4.78 is 0. The van der Waals surface area contributed by atoms with Crippen LogP contribution in [0.5, 0.6) is 0 Å². The number of benzene rings is 1. The fraction of sp³-hybridized carbons (Fsp3) is 0.273. The molecular formula is C11H15NO. The summed E-state index contributed by atoms with van der Waals surface area (Å²) in [4.78, 5) is 0. The molecule has 2 heteroatoms. The van der Waals surface area contributed by atoms with Gasteiger partial charge in [-0.25, -0.2) is 0 Å². The Labute approximate surface area is 78.9 Å². The van der Waals surface area contributed by atoms with Crippen molar-refractivity contribution in [2.24, 2.45) is 0 Å². The molecule has 1 aromatic carbocycles. The van der Waals surface area contributed by atoms with E-state index >= 15 is 0 Å². The molecule has 1 atom stereocenters. The topological polar surface area (TPSA) is 32.3 Å². The molecule has 2 N–H and O–H groups in total. The summed E-state index contributed by atoms with van der Waals surface area (Å²) in [7, 11) is 0. The molecule has 70 valence electrons. The average Bonchev–Trinajstić information content (AvgIpc) is 2.16. The van der Waals surface area contributed by atoms with Gasteiger partial charge in [0.15, 0.2) is 5.72 Å². The van der Waals surface area contributed by atoms with Crippen LogP contribution < -0.4 is 5.32 Å². The van der Waals surface area contributed by atoms with Crippen molar-refractivity contribution in [2.45, 2.75) is 19.6 Å². The Hall–Kier alpha value is -1.28. The Balaban J connectivity index is 2.81. The van der Waals surface area contributed by atoms with Gasteiger partial charge in [-0.1, -0.05) is 36.4 Å². The highest BCUT2D eigenvalue weighted by atomic mass is 16.3. The van der Waals surface area contributed by atoms with Crippen molar-refractivity contribution in [3.05, 3.63) is 48.2 Å². The maximum Gasteiger partial charge on any atom is 0.158 e. The van der Waals surface area contributed by atoms with E-state index in [2.05, 4.69) is 5.32 Å². The molecule has 0 heterocycles. The van der Waals surface area contributed by atoms with Gasteiger partial charge in [0.25, 0.3) is 0 Å². The van der Waals surface area contributed by atoms with Gasteiger partial charge in [0, 0.05) is 5.56 Å². The number of aliphatic hydroxyl groups is 1. The molecule has 1 rings (SSSR count). The van der Waals surface area contributed by atoms with E-state index in [9.17, 15) is 5.11 Å². The minimum atomic E-state index is -0.992. The van der Waals surface area contributed by atoms with Gasteiger partial charge in [-0.3, -0.25) is 0 Å². The van der Waals surface area contributed by atoms with E-state index < -0.39 is 5.72 Å². The number of allylic oxidation sites excluding steroid dienone is 1. The van der Waals surface area contributed by atoms with Gasteiger partial charge in [0.2, 0.25) is 0 Å². The summed E-state index contributed by atoms with van der Waals surface area (Å²) in [6.07, 6.45) is 3.57. The molecule has 13 heavy (non-hydrogen) atoms. The van der Waals surface area contributed by atoms with E-state index in [0.29, 0.717) is 0 Å². The van der Waals surface area contributed by atoms with Gasteiger partial charge in [-0.15, -0.1) is 0 Å². The lowest BCUT2D eigenvalue weighted by molar-refractivity contribution is 0.0346. The molecule has 0 aliphatic heterocycles. The Morgan fingerprint density at radius 3 is 2.46 bits per heavy atom. The van der Waals surface area contributed by atoms with Crippen LogP contribution in [0.15, 0.2) is 42.6 Å². The minimum Gasteiger partial charge on any atom is -0.367 e. The van der Waals surface area contributed by atoms with Crippen LogP contribution in [0, 0.1) is 0 Å². The van der Waals surface area contributed by atoms with Gasteiger partial charge in [-0.2, -0.15) is 0 Å². The Bertz CT molecular complexity index is 277. The maximum absolute atomic E-state index is 9.95. The molecule has 0 bridgehead atoms. The lowest BCUT2D eigenvalue weighted by Gasteiger charge is -2.24. The van der Waals surface area contributed by atoms with E-state index in [-0.39, 0.29) is 0 Å². The fourth-order valence-corrected chi connectivity index (χ4v) is 1.09. The highest BCUT2D eigenvalue weighted by Gasteiger charge is 2.19. The zero-order valence-electron chi connectivity index (χ0n) is 7.99. The molecule has 0 saturated heterocycles. The maximum atomic E-state index is 9.95. The van der Waals surface area contributed by atoms with E-state index in [1.165, 1.54) is 0 Å². The molecule has 0 fully saturated rings. The molecule has 0 radical (unpaired) electrons. The van der Waals surface area contributed by atoms with Crippen molar-refractivity contribution in [1.29, 1.82) is 0 Å². The number of nitrogens with one attached hydrogen (secondary N) is 1. The molecule has 0 aliphatic carbocycles. The monoisotopic (exact) mass is 177 g/mol. The third kappa shape index (κ3) is 2.60. The number of hydrogen-bond acceptors (Lipinski definition) is 2. The second-order valence-corrected chi connectivity index (χ2v) is 3.08. The molecule has 2 nitrogen and oxygen atoms in total. The predicted octanol–water partition coefficient (Wildman–Crippen LogP) is 1.97. The van der Waals surface area contributed by atoms with E-state index in [4.69, 9.17) is 0 Å². The quantitative estimate of drug-likeness (QED) is 0.692. The van der Waals surface area contributed by atoms with Crippen molar-refractivity contribution >= 4 is 0 Å². The Morgan fingerprint density at radius 1 is 1.31 bits per heavy atom. The van der Waals surface area contributed by atoms with Crippen molar-refractivity contribution in [1.82, 2.24) is 5.32 Å². The van der Waals surface area contributed by atoms with Gasteiger partial charge in [-0.05, 0) is 20.0 Å². The third-order valence-corrected chi connectivity index (χ3v) is 1.87. The first kappa shape index (κ1) is 9.81. The highest BCUT2D eigenvalue weighted by molar-refractivity contribution is 5.21. The van der Waals surface area contributed by atoms with Crippen molar-refractivity contribution in [3.8, 4) is 0 Å². The van der Waals surface area contributed by atoms with Gasteiger partial charge in [0.05, 0.1) is 0 Å². The van der Waals surface area contributed by atoms with Crippen molar-refractivity contribution in [2.75, 3.05) is 0 Å². The SMILES string of the molecule is CC=CNC(C)(O)c1ccccc1. The molecule has 0 spiro atoms. The zero-order valence-corrected chi connectivity index (χ0v) is 7.99. The largest absolute Gasteiger partial charge is 0.367 e. The first-order valence-electron chi connectivity index (χ1n) is 4.33. The van der Waals surface area contributed by atoms with Gasteiger partial charge >= 0.3 is 0 Å². The van der Waals surface area contributed by atoms with E-state index in [0.717, 1.165) is 5.56 Å². The predicted molar refractivity (Wildman–Crippen MR) is 54.0 cm³/mol. The number of rotatable bonds is 3. The number of hydrogen-bond donors (Lipinski definition) is 2. The minimum absolute atomic E-state index is 0.855. The first-order valence-corrected chi connectivity index (χ1v) is 4.33. The van der Waals surface area contributed by atoms with Crippen LogP contribution in [0.25, 0.3) is 0 Å². The molecule has 0 amide bonds. The van der Waals surface area contributed by atoms with Gasteiger partial charge < -0.3 is 10.4 Å². The second-order valence-electron chi connectivity index (χ2n) is 3.08. The van der Waals surface area contributed by atoms with Crippen molar-refractivity contribution in [3.63, 3.8) is 0 Å². The lowest BCUT2D eigenvalue weighted by Crippen LogP contribution is -2.35. The second kappa shape index (κ2) is 4.10. The fourth-order valence-electron chi connectivity index (χ4n) is 1.09. The summed E-state index contributed by atoms with van der Waals surface area (Å²) in [5, 5.41) is 12.9. The molecule has 1 aromatic rings. The van der Waals surface area contributed by atoms with E-state index in [1.54, 1.807) is 13.1 Å². The van der Waals surface area contributed by atoms with Crippen LogP contribution in [0.3, 0.4) is 0 Å². The summed E-state index contributed by atoms with van der Waals surface area (Å²) in [6.45, 7) is 3.62. The highest BCUT2D eigenvalue weighted by Crippen LogP contribution is 2.16. The molecule has 0 aliphatic rings. The smallest absolute Gasteiger partial charge is 0.158 e. The third-order valence-electron chi connectivity index (χ3n) is 1.87. The van der Waals surface area contributed by atoms with Crippen molar-refractivity contribution < 1.29 is 5.11 Å². The zero-order chi connectivity index (χ0) is 9.73. The summed E-state index contributed by atoms with van der Waals surface area (Å²) >= 11 is 0. The van der Waals surface area contributed by atoms with Gasteiger partial charge in [0.1, 0.15) is 0 Å². The van der Waals surface area contributed by atoms with Crippen LogP contribution in [0.1, 0.15) is 19.4 Å². The standard InChI is InChI=1S/C11H15NO/c1-3-9-12-11(2,13)10-7-5-4-6-8-10/h3-9,12-13H,1-2H3. The first-order chi connectivity index (χ1) is 6.17. The molecule has 0 aromatic heterocycles. The van der Waals surface area contributed by atoms with Crippen LogP contribution in [-0.2, 0) is 5.72 Å². The molecular weight excluding hydrogens is 162 g/mol. The van der Waals surface area contributed by atoms with Crippen LogP contribution in [0.4, 0.5) is 0 Å². The van der Waals surface area contributed by atoms with Crippen LogP contribution in [0.2, 0.25) is 0 Å². The Morgan fingerprint density at radius 2 is 1.92 bits per heavy atom. The molecule has 1 unspecified atom stereocenters. The summed E-state index contributed by atoms with van der Waals surface area (Å²) in [6, 6.07) is 9.50. The van der Waals surface area contributed by atoms with Crippen LogP contribution in [-0.4, -0.2) is 5.11 Å². The summed E-state index contributed by atoms with van der Waals surface area (Å²) in [5.41, 5.74) is -0.138.